The van der Waals surface area contributed by atoms with E-state index in [0.29, 0.717) is 47.3 Å². The van der Waals surface area contributed by atoms with E-state index in [1.165, 1.54) is 18.3 Å². The number of ketones is 1. The number of amides is 1. The van der Waals surface area contributed by atoms with Gasteiger partial charge in [-0.25, -0.2) is 9.97 Å². The van der Waals surface area contributed by atoms with Gasteiger partial charge >= 0.3 is 0 Å². The maximum absolute atomic E-state index is 13.5. The first-order chi connectivity index (χ1) is 19.7. The maximum atomic E-state index is 13.5. The third-order valence-electron chi connectivity index (χ3n) is 6.08. The van der Waals surface area contributed by atoms with E-state index in [2.05, 4.69) is 32.1 Å². The molecular formula is C30H38N6O5. The minimum Gasteiger partial charge on any atom is -0.497 e. The summed E-state index contributed by atoms with van der Waals surface area (Å²) in [6, 6.07) is 10.1. The van der Waals surface area contributed by atoms with Gasteiger partial charge in [-0.3, -0.25) is 9.59 Å². The summed E-state index contributed by atoms with van der Waals surface area (Å²) in [5.74, 6) is 0.996. The van der Waals surface area contributed by atoms with Gasteiger partial charge in [0.25, 0.3) is 0 Å². The molecule has 0 bridgehead atoms. The number of anilines is 4. The van der Waals surface area contributed by atoms with Gasteiger partial charge in [-0.1, -0.05) is 13.5 Å². The zero-order valence-electron chi connectivity index (χ0n) is 24.5. The number of carbonyl (C=O) groups is 2. The van der Waals surface area contributed by atoms with E-state index in [1.807, 2.05) is 39.0 Å². The van der Waals surface area contributed by atoms with Crippen molar-refractivity contribution in [3.05, 3.63) is 66.5 Å². The van der Waals surface area contributed by atoms with Gasteiger partial charge in [-0.05, 0) is 50.9 Å². The largest absolute Gasteiger partial charge is 0.497 e. The number of nitrogens with one attached hydrogen (secondary N) is 2. The summed E-state index contributed by atoms with van der Waals surface area (Å²) in [6.07, 6.45) is 3.49. The molecule has 41 heavy (non-hydrogen) atoms. The molecule has 1 heterocycles. The zero-order chi connectivity index (χ0) is 29.9. The van der Waals surface area contributed by atoms with Crippen molar-refractivity contribution in [2.45, 2.75) is 13.3 Å². The highest BCUT2D eigenvalue weighted by Gasteiger charge is 2.20. The average Bonchev–Trinajstić information content (AvgIpc) is 2.98. The van der Waals surface area contributed by atoms with Crippen LogP contribution >= 0.6 is 0 Å². The molecule has 3 rings (SSSR count). The number of methoxy groups -OCH3 is 2. The Morgan fingerprint density at radius 1 is 1.00 bits per heavy atom. The third-order valence-corrected chi connectivity index (χ3v) is 6.08. The van der Waals surface area contributed by atoms with Crippen LogP contribution < -0.4 is 29.7 Å². The second-order valence-corrected chi connectivity index (χ2v) is 9.42. The van der Waals surface area contributed by atoms with Gasteiger partial charge in [0.05, 0.1) is 43.5 Å². The molecule has 11 nitrogen and oxygen atoms in total. The van der Waals surface area contributed by atoms with Crippen molar-refractivity contribution < 1.29 is 23.8 Å². The molecule has 218 valence electrons. The quantitative estimate of drug-likeness (QED) is 0.204. The van der Waals surface area contributed by atoms with Gasteiger partial charge in [0.2, 0.25) is 17.6 Å². The smallest absolute Gasteiger partial charge is 0.247 e. The molecule has 0 saturated carbocycles. The zero-order valence-corrected chi connectivity index (χ0v) is 24.5. The molecule has 3 aromatic rings. The Bertz CT molecular complexity index is 1380. The lowest BCUT2D eigenvalue weighted by atomic mass is 10.1. The van der Waals surface area contributed by atoms with E-state index in [-0.39, 0.29) is 23.3 Å². The molecule has 0 unspecified atom stereocenters. The molecule has 11 heteroatoms. The molecule has 0 spiro atoms. The van der Waals surface area contributed by atoms with E-state index in [1.54, 1.807) is 38.5 Å². The van der Waals surface area contributed by atoms with Gasteiger partial charge in [0.15, 0.2) is 0 Å². The van der Waals surface area contributed by atoms with Crippen LogP contribution in [0.4, 0.5) is 23.0 Å². The number of hydrogen-bond acceptors (Lipinski definition) is 10. The first-order valence-corrected chi connectivity index (χ1v) is 13.2. The Morgan fingerprint density at radius 3 is 2.44 bits per heavy atom. The summed E-state index contributed by atoms with van der Waals surface area (Å²) in [5.41, 5.74) is 2.34. The first-order valence-electron chi connectivity index (χ1n) is 13.2. The predicted octanol–water partition coefficient (Wildman–Crippen LogP) is 4.38. The molecule has 0 aliphatic heterocycles. The first kappa shape index (κ1) is 30.9. The summed E-state index contributed by atoms with van der Waals surface area (Å²) < 4.78 is 16.8. The fourth-order valence-electron chi connectivity index (χ4n) is 3.86. The van der Waals surface area contributed by atoms with Crippen molar-refractivity contribution in [1.29, 1.82) is 0 Å². The summed E-state index contributed by atoms with van der Waals surface area (Å²) in [5, 5.41) is 5.99. The number of nitrogens with zero attached hydrogens (tertiary/aromatic N) is 4. The number of aromatic nitrogens is 2. The predicted molar refractivity (Wildman–Crippen MR) is 161 cm³/mol. The second kappa shape index (κ2) is 14.7. The fraction of sp³-hybridized carbons (Fsp3) is 0.333. The SMILES string of the molecule is C=CC(=O)Nc1cc(Nc2nccc(C(=O)c3ccc(OC)cc3OCCC)n2)c(OC)cc1N(C)CCN(C)C. The Hall–Kier alpha value is -4.64. The van der Waals surface area contributed by atoms with Crippen LogP contribution in [0, 0.1) is 0 Å². The molecule has 0 radical (unpaired) electrons. The fourth-order valence-corrected chi connectivity index (χ4v) is 3.86. The summed E-state index contributed by atoms with van der Waals surface area (Å²) in [6.45, 7) is 7.52. The van der Waals surface area contributed by atoms with Crippen molar-refractivity contribution >= 4 is 34.7 Å². The molecule has 2 aromatic carbocycles. The van der Waals surface area contributed by atoms with Crippen LogP contribution in [-0.4, -0.2) is 81.6 Å². The lowest BCUT2D eigenvalue weighted by molar-refractivity contribution is -0.111. The van der Waals surface area contributed by atoms with E-state index < -0.39 is 0 Å². The van der Waals surface area contributed by atoms with Crippen LogP contribution in [0.5, 0.6) is 17.2 Å². The number of benzene rings is 2. The minimum absolute atomic E-state index is 0.174. The Morgan fingerprint density at radius 2 is 1.78 bits per heavy atom. The summed E-state index contributed by atoms with van der Waals surface area (Å²) in [7, 11) is 9.03. The van der Waals surface area contributed by atoms with Crippen LogP contribution in [0.15, 0.2) is 55.3 Å². The van der Waals surface area contributed by atoms with Crippen molar-refractivity contribution in [3.63, 3.8) is 0 Å². The lowest BCUT2D eigenvalue weighted by Gasteiger charge is -2.26. The van der Waals surface area contributed by atoms with Crippen molar-refractivity contribution in [2.75, 3.05) is 70.6 Å². The van der Waals surface area contributed by atoms with Crippen molar-refractivity contribution in [3.8, 4) is 17.2 Å². The van der Waals surface area contributed by atoms with E-state index in [0.717, 1.165) is 18.7 Å². The van der Waals surface area contributed by atoms with Gasteiger partial charge < -0.3 is 34.6 Å². The van der Waals surface area contributed by atoms with Gasteiger partial charge in [-0.15, -0.1) is 0 Å². The highest BCUT2D eigenvalue weighted by atomic mass is 16.5. The molecule has 0 aliphatic rings. The van der Waals surface area contributed by atoms with E-state index in [4.69, 9.17) is 14.2 Å². The average molecular weight is 563 g/mol. The third kappa shape index (κ3) is 8.18. The minimum atomic E-state index is -0.354. The van der Waals surface area contributed by atoms with Crippen LogP contribution in [0.3, 0.4) is 0 Å². The summed E-state index contributed by atoms with van der Waals surface area (Å²) >= 11 is 0. The number of ether oxygens (including phenoxy) is 3. The van der Waals surface area contributed by atoms with Crippen LogP contribution in [0.25, 0.3) is 0 Å². The highest BCUT2D eigenvalue weighted by molar-refractivity contribution is 6.09. The Labute approximate surface area is 241 Å². The monoisotopic (exact) mass is 562 g/mol. The van der Waals surface area contributed by atoms with Gasteiger partial charge in [0, 0.05) is 38.5 Å². The normalized spacial score (nSPS) is 10.6. The molecule has 0 saturated heterocycles. The second-order valence-electron chi connectivity index (χ2n) is 9.42. The summed E-state index contributed by atoms with van der Waals surface area (Å²) in [4.78, 5) is 38.6. The number of rotatable bonds is 15. The molecule has 0 aliphatic carbocycles. The topological polar surface area (TPSA) is 118 Å². The Kier molecular flexibility index (Phi) is 11.0. The van der Waals surface area contributed by atoms with E-state index in [9.17, 15) is 9.59 Å². The molecule has 0 fully saturated rings. The van der Waals surface area contributed by atoms with Crippen molar-refractivity contribution in [1.82, 2.24) is 14.9 Å². The van der Waals surface area contributed by atoms with Crippen molar-refractivity contribution in [2.24, 2.45) is 0 Å². The highest BCUT2D eigenvalue weighted by Crippen LogP contribution is 2.38. The lowest BCUT2D eigenvalue weighted by Crippen LogP contribution is -2.29. The van der Waals surface area contributed by atoms with Crippen LogP contribution in [0.1, 0.15) is 29.4 Å². The van der Waals surface area contributed by atoms with Crippen LogP contribution in [0.2, 0.25) is 0 Å². The maximum Gasteiger partial charge on any atom is 0.247 e. The van der Waals surface area contributed by atoms with Gasteiger partial charge in [0.1, 0.15) is 22.9 Å². The number of likely N-dealkylation sites (N-methyl/N-ethyl adjacent to an activating group) is 2. The molecule has 1 aromatic heterocycles. The van der Waals surface area contributed by atoms with E-state index >= 15 is 0 Å². The van der Waals surface area contributed by atoms with Crippen LogP contribution in [-0.2, 0) is 4.79 Å². The molecule has 0 atom stereocenters. The standard InChI is InChI=1S/C30H38N6O5/c1-8-16-41-26-17-20(39-6)10-11-21(26)29(38)22-12-13-31-30(33-22)34-24-18-23(32-28(37)9-2)25(19-27(24)40-7)36(5)15-14-35(3)4/h9-13,17-19H,2,8,14-16H2,1,3-7H3,(H,32,37)(H,31,33,34). The number of carbonyl (C=O) groups excluding carboxylic acids is 2. The molecular weight excluding hydrogens is 524 g/mol. The van der Waals surface area contributed by atoms with Gasteiger partial charge in [-0.2, -0.15) is 0 Å². The number of hydrogen-bond donors (Lipinski definition) is 2. The molecule has 1 amide bonds. The molecule has 2 N–H and O–H groups in total. The Balaban J connectivity index is 1.96.